The minimum atomic E-state index is -0.489. The Balaban J connectivity index is 2.27. The topological polar surface area (TPSA) is 93.2 Å². The Kier molecular flexibility index (Phi) is 2.81. The second-order valence-corrected chi connectivity index (χ2v) is 5.42. The molecule has 1 heterocycles. The number of imidazole rings is 1. The molecule has 1 saturated carbocycles. The van der Waals surface area contributed by atoms with Crippen LogP contribution in [0.25, 0.3) is 0 Å². The van der Waals surface area contributed by atoms with E-state index >= 15 is 0 Å². The summed E-state index contributed by atoms with van der Waals surface area (Å²) in [5.74, 6) is 0.830. The number of nitrogens with one attached hydrogen (secondary N) is 1. The Morgan fingerprint density at radius 2 is 2.22 bits per heavy atom. The van der Waals surface area contributed by atoms with Crippen LogP contribution in [0.2, 0.25) is 0 Å². The first-order valence-corrected chi connectivity index (χ1v) is 5.87. The summed E-state index contributed by atoms with van der Waals surface area (Å²) >= 11 is 0. The zero-order valence-corrected chi connectivity index (χ0v) is 11.0. The number of nitro groups is 1. The van der Waals surface area contributed by atoms with Crippen molar-refractivity contribution in [2.24, 2.45) is 12.5 Å². The predicted molar refractivity (Wildman–Crippen MR) is 66.4 cm³/mol. The van der Waals surface area contributed by atoms with Crippen LogP contribution in [0.3, 0.4) is 0 Å². The molecule has 1 aliphatic rings. The lowest BCUT2D eigenvalue weighted by Gasteiger charge is -2.49. The standard InChI is InChI=1S/C11H18N4O3/c1-6-12-10(15(17)18)9(14(6)4)13-7-5-8(16)11(7,2)3/h7-8,13,16H,5H2,1-4H3. The second-order valence-electron chi connectivity index (χ2n) is 5.42. The molecule has 2 unspecified atom stereocenters. The summed E-state index contributed by atoms with van der Waals surface area (Å²) in [5.41, 5.74) is -0.286. The highest BCUT2D eigenvalue weighted by Gasteiger charge is 2.48. The van der Waals surface area contributed by atoms with Crippen LogP contribution in [0.15, 0.2) is 0 Å². The lowest BCUT2D eigenvalue weighted by Crippen LogP contribution is -2.57. The van der Waals surface area contributed by atoms with Gasteiger partial charge in [-0.15, -0.1) is 0 Å². The Hall–Kier alpha value is -1.63. The van der Waals surface area contributed by atoms with Gasteiger partial charge >= 0.3 is 5.82 Å². The lowest BCUT2D eigenvalue weighted by molar-refractivity contribution is -0.388. The summed E-state index contributed by atoms with van der Waals surface area (Å²) < 4.78 is 1.67. The van der Waals surface area contributed by atoms with Gasteiger partial charge in [0.05, 0.1) is 6.10 Å². The molecule has 7 heteroatoms. The summed E-state index contributed by atoms with van der Waals surface area (Å²) in [6.45, 7) is 5.60. The van der Waals surface area contributed by atoms with E-state index in [1.54, 1.807) is 18.5 Å². The lowest BCUT2D eigenvalue weighted by atomic mass is 9.64. The van der Waals surface area contributed by atoms with E-state index in [1.165, 1.54) is 0 Å². The molecular weight excluding hydrogens is 236 g/mol. The summed E-state index contributed by atoms with van der Waals surface area (Å²) in [4.78, 5) is 14.4. The van der Waals surface area contributed by atoms with Crippen LogP contribution in [0, 0.1) is 22.5 Å². The maximum Gasteiger partial charge on any atom is 0.406 e. The number of hydrogen-bond acceptors (Lipinski definition) is 5. The fourth-order valence-electron chi connectivity index (χ4n) is 2.19. The first kappa shape index (κ1) is 12.8. The molecule has 0 aromatic carbocycles. The average Bonchev–Trinajstić information content (AvgIpc) is 2.56. The average molecular weight is 254 g/mol. The number of nitrogens with zero attached hydrogens (tertiary/aromatic N) is 3. The molecule has 0 radical (unpaired) electrons. The third kappa shape index (κ3) is 1.74. The van der Waals surface area contributed by atoms with Crippen LogP contribution in [0.1, 0.15) is 26.1 Å². The number of hydrogen-bond donors (Lipinski definition) is 2. The maximum absolute atomic E-state index is 10.9. The summed E-state index contributed by atoms with van der Waals surface area (Å²) in [7, 11) is 1.74. The van der Waals surface area contributed by atoms with Crippen molar-refractivity contribution in [1.82, 2.24) is 9.55 Å². The van der Waals surface area contributed by atoms with Crippen molar-refractivity contribution in [3.05, 3.63) is 15.9 Å². The van der Waals surface area contributed by atoms with Crippen molar-refractivity contribution in [2.75, 3.05) is 5.32 Å². The monoisotopic (exact) mass is 254 g/mol. The summed E-state index contributed by atoms with van der Waals surface area (Å²) in [6.07, 6.45) is 0.220. The van der Waals surface area contributed by atoms with E-state index in [4.69, 9.17) is 0 Å². The van der Waals surface area contributed by atoms with E-state index < -0.39 is 4.92 Å². The van der Waals surface area contributed by atoms with Crippen molar-refractivity contribution < 1.29 is 10.0 Å². The molecule has 100 valence electrons. The third-order valence-electron chi connectivity index (χ3n) is 4.00. The van der Waals surface area contributed by atoms with Crippen LogP contribution in [0.5, 0.6) is 0 Å². The SMILES string of the molecule is Cc1nc([N+](=O)[O-])c(NC2CC(O)C2(C)C)n1C. The number of anilines is 1. The smallest absolute Gasteiger partial charge is 0.392 e. The number of aliphatic hydroxyl groups excluding tert-OH is 1. The van der Waals surface area contributed by atoms with Gasteiger partial charge in [-0.2, -0.15) is 0 Å². The number of aryl methyl sites for hydroxylation is 1. The van der Waals surface area contributed by atoms with Crippen LogP contribution < -0.4 is 5.32 Å². The van der Waals surface area contributed by atoms with Gasteiger partial charge in [0.1, 0.15) is 0 Å². The molecule has 18 heavy (non-hydrogen) atoms. The first-order chi connectivity index (χ1) is 8.25. The van der Waals surface area contributed by atoms with E-state index in [9.17, 15) is 15.2 Å². The molecule has 0 saturated heterocycles. The molecule has 0 aliphatic heterocycles. The highest BCUT2D eigenvalue weighted by atomic mass is 16.6. The molecule has 0 bridgehead atoms. The van der Waals surface area contributed by atoms with Gasteiger partial charge in [0.25, 0.3) is 0 Å². The third-order valence-corrected chi connectivity index (χ3v) is 4.00. The summed E-state index contributed by atoms with van der Waals surface area (Å²) in [5, 5.41) is 23.8. The van der Waals surface area contributed by atoms with Gasteiger partial charge < -0.3 is 20.5 Å². The number of aromatic nitrogens is 2. The quantitative estimate of drug-likeness (QED) is 0.624. The van der Waals surface area contributed by atoms with Crippen LogP contribution in [-0.2, 0) is 7.05 Å². The Bertz CT molecular complexity index is 495. The van der Waals surface area contributed by atoms with Gasteiger partial charge in [-0.05, 0) is 16.3 Å². The highest BCUT2D eigenvalue weighted by molar-refractivity contribution is 5.54. The molecule has 1 fully saturated rings. The molecule has 2 N–H and O–H groups in total. The molecule has 1 aromatic heterocycles. The normalized spacial score (nSPS) is 25.6. The predicted octanol–water partition coefficient (Wildman–Crippen LogP) is 1.21. The Morgan fingerprint density at radius 3 is 2.67 bits per heavy atom. The van der Waals surface area contributed by atoms with E-state index in [2.05, 4.69) is 10.3 Å². The van der Waals surface area contributed by atoms with Crippen molar-refractivity contribution in [2.45, 2.75) is 39.3 Å². The Morgan fingerprint density at radius 1 is 1.61 bits per heavy atom. The molecular formula is C11H18N4O3. The van der Waals surface area contributed by atoms with Gasteiger partial charge in [0.15, 0.2) is 0 Å². The highest BCUT2D eigenvalue weighted by Crippen LogP contribution is 2.43. The van der Waals surface area contributed by atoms with Crippen molar-refractivity contribution in [3.63, 3.8) is 0 Å². The number of rotatable bonds is 3. The van der Waals surface area contributed by atoms with E-state index in [0.717, 1.165) is 0 Å². The van der Waals surface area contributed by atoms with Crippen molar-refractivity contribution in [1.29, 1.82) is 0 Å². The fraction of sp³-hybridized carbons (Fsp3) is 0.727. The van der Waals surface area contributed by atoms with Crippen LogP contribution in [0.4, 0.5) is 11.6 Å². The first-order valence-electron chi connectivity index (χ1n) is 5.87. The van der Waals surface area contributed by atoms with E-state index in [1.807, 2.05) is 13.8 Å². The minimum Gasteiger partial charge on any atom is -0.392 e. The zero-order valence-electron chi connectivity index (χ0n) is 11.0. The molecule has 0 spiro atoms. The fourth-order valence-corrected chi connectivity index (χ4v) is 2.19. The molecule has 7 nitrogen and oxygen atoms in total. The minimum absolute atomic E-state index is 0.0148. The zero-order chi connectivity index (χ0) is 13.7. The van der Waals surface area contributed by atoms with Crippen molar-refractivity contribution in [3.8, 4) is 0 Å². The van der Waals surface area contributed by atoms with Crippen LogP contribution in [-0.4, -0.2) is 31.7 Å². The molecule has 1 aliphatic carbocycles. The number of aliphatic hydroxyl groups is 1. The molecule has 2 rings (SSSR count). The molecule has 1 aromatic rings. The van der Waals surface area contributed by atoms with Gasteiger partial charge in [-0.25, -0.2) is 0 Å². The maximum atomic E-state index is 10.9. The van der Waals surface area contributed by atoms with E-state index in [0.29, 0.717) is 18.1 Å². The Labute approximate surface area is 105 Å². The van der Waals surface area contributed by atoms with Crippen LogP contribution >= 0.6 is 0 Å². The van der Waals surface area contributed by atoms with Gasteiger partial charge in [0, 0.05) is 25.4 Å². The van der Waals surface area contributed by atoms with Gasteiger partial charge in [-0.1, -0.05) is 13.8 Å². The van der Waals surface area contributed by atoms with Crippen molar-refractivity contribution >= 4 is 11.6 Å². The summed E-state index contributed by atoms with van der Waals surface area (Å²) in [6, 6.07) is 0.0148. The molecule has 2 atom stereocenters. The molecule has 0 amide bonds. The van der Waals surface area contributed by atoms with Gasteiger partial charge in [0.2, 0.25) is 11.6 Å². The van der Waals surface area contributed by atoms with Gasteiger partial charge in [-0.3, -0.25) is 4.57 Å². The largest absolute Gasteiger partial charge is 0.406 e. The van der Waals surface area contributed by atoms with E-state index in [-0.39, 0.29) is 23.4 Å². The second kappa shape index (κ2) is 3.94.